The fraction of sp³-hybridized carbons (Fsp3) is 0.250. The number of ether oxygens (including phenoxy) is 1. The highest BCUT2D eigenvalue weighted by Gasteiger charge is 2.31. The summed E-state index contributed by atoms with van der Waals surface area (Å²) < 4.78 is 32.5. The molecule has 0 heterocycles. The molecular weight excluding hydrogens is 298 g/mol. The minimum absolute atomic E-state index is 0.0211. The summed E-state index contributed by atoms with van der Waals surface area (Å²) in [7, 11) is 1.39. The van der Waals surface area contributed by atoms with Crippen molar-refractivity contribution in [2.24, 2.45) is 0 Å². The number of rotatable bonds is 4. The highest BCUT2D eigenvalue weighted by atomic mass is 35.5. The van der Waals surface area contributed by atoms with Gasteiger partial charge in [-0.05, 0) is 42.8 Å². The van der Waals surface area contributed by atoms with Gasteiger partial charge in [-0.15, -0.1) is 0 Å². The Kier molecular flexibility index (Phi) is 4.49. The third-order valence-electron chi connectivity index (χ3n) is 3.28. The van der Waals surface area contributed by atoms with E-state index in [1.54, 1.807) is 6.07 Å². The van der Waals surface area contributed by atoms with Crippen LogP contribution in [0.15, 0.2) is 36.4 Å². The highest BCUT2D eigenvalue weighted by Crippen LogP contribution is 2.36. The van der Waals surface area contributed by atoms with Crippen LogP contribution in [0.5, 0.6) is 5.75 Å². The van der Waals surface area contributed by atoms with Gasteiger partial charge >= 0.3 is 0 Å². The molecule has 21 heavy (non-hydrogen) atoms. The van der Waals surface area contributed by atoms with Gasteiger partial charge in [0.1, 0.15) is 17.4 Å². The van der Waals surface area contributed by atoms with Gasteiger partial charge < -0.3 is 9.84 Å². The van der Waals surface area contributed by atoms with Gasteiger partial charge in [-0.1, -0.05) is 17.7 Å². The van der Waals surface area contributed by atoms with Crippen molar-refractivity contribution in [3.05, 3.63) is 64.2 Å². The number of aliphatic hydroxyl groups is 1. The van der Waals surface area contributed by atoms with Crippen molar-refractivity contribution in [3.8, 4) is 5.75 Å². The van der Waals surface area contributed by atoms with Gasteiger partial charge in [-0.3, -0.25) is 0 Å². The van der Waals surface area contributed by atoms with E-state index in [-0.39, 0.29) is 17.7 Å². The zero-order valence-corrected chi connectivity index (χ0v) is 12.4. The maximum absolute atomic E-state index is 14.1. The van der Waals surface area contributed by atoms with E-state index in [1.165, 1.54) is 44.4 Å². The summed E-state index contributed by atoms with van der Waals surface area (Å²) >= 11 is 6.00. The van der Waals surface area contributed by atoms with Crippen LogP contribution in [0.3, 0.4) is 0 Å². The van der Waals surface area contributed by atoms with Crippen LogP contribution in [-0.4, -0.2) is 12.2 Å². The molecule has 0 aliphatic rings. The monoisotopic (exact) mass is 312 g/mol. The van der Waals surface area contributed by atoms with Crippen LogP contribution in [-0.2, 0) is 12.0 Å². The fourth-order valence-corrected chi connectivity index (χ4v) is 2.52. The summed E-state index contributed by atoms with van der Waals surface area (Å²) in [6, 6.07) is 8.14. The van der Waals surface area contributed by atoms with Crippen LogP contribution >= 0.6 is 11.6 Å². The average molecular weight is 313 g/mol. The molecule has 1 N–H and O–H groups in total. The molecule has 0 bridgehead atoms. The van der Waals surface area contributed by atoms with Gasteiger partial charge in [0.05, 0.1) is 18.3 Å². The summed E-state index contributed by atoms with van der Waals surface area (Å²) in [6.45, 7) is 1.44. The van der Waals surface area contributed by atoms with E-state index in [2.05, 4.69) is 0 Å². The molecule has 0 saturated heterocycles. The van der Waals surface area contributed by atoms with Crippen LogP contribution in [0.4, 0.5) is 8.78 Å². The molecule has 0 amide bonds. The van der Waals surface area contributed by atoms with Crippen LogP contribution in [0.25, 0.3) is 0 Å². The van der Waals surface area contributed by atoms with E-state index in [0.29, 0.717) is 10.6 Å². The second kappa shape index (κ2) is 6.00. The molecule has 2 aromatic rings. The SMILES string of the molecule is COc1cccc(F)c1C(C)(O)Cc1cc(F)ccc1Cl. The standard InChI is InChI=1S/C16H15ClF2O2/c1-16(20,9-10-8-11(18)6-7-12(10)17)15-13(19)4-3-5-14(15)21-2/h3-8,20H,9H2,1-2H3. The molecule has 0 aliphatic carbocycles. The predicted octanol–water partition coefficient (Wildman–Crippen LogP) is 4.08. The molecule has 2 nitrogen and oxygen atoms in total. The highest BCUT2D eigenvalue weighted by molar-refractivity contribution is 6.31. The van der Waals surface area contributed by atoms with Crippen LogP contribution in [0.2, 0.25) is 5.02 Å². The summed E-state index contributed by atoms with van der Waals surface area (Å²) in [4.78, 5) is 0. The Balaban J connectivity index is 2.45. The van der Waals surface area contributed by atoms with Crippen molar-refractivity contribution in [2.45, 2.75) is 18.9 Å². The first kappa shape index (κ1) is 15.7. The number of hydrogen-bond donors (Lipinski definition) is 1. The van der Waals surface area contributed by atoms with Gasteiger partial charge in [0.15, 0.2) is 0 Å². The maximum Gasteiger partial charge on any atom is 0.133 e. The van der Waals surface area contributed by atoms with E-state index in [4.69, 9.17) is 16.3 Å². The van der Waals surface area contributed by atoms with E-state index in [0.717, 1.165) is 0 Å². The third kappa shape index (κ3) is 3.34. The summed E-state index contributed by atoms with van der Waals surface area (Å²) in [5, 5.41) is 11.0. The topological polar surface area (TPSA) is 29.5 Å². The molecule has 0 spiro atoms. The van der Waals surface area contributed by atoms with Crippen LogP contribution in [0.1, 0.15) is 18.1 Å². The Morgan fingerprint density at radius 2 is 1.95 bits per heavy atom. The lowest BCUT2D eigenvalue weighted by atomic mass is 9.88. The smallest absolute Gasteiger partial charge is 0.133 e. The van der Waals surface area contributed by atoms with Crippen molar-refractivity contribution in [3.63, 3.8) is 0 Å². The zero-order chi connectivity index (χ0) is 15.6. The normalized spacial score (nSPS) is 13.8. The van der Waals surface area contributed by atoms with Gasteiger partial charge in [-0.25, -0.2) is 8.78 Å². The molecule has 0 aliphatic heterocycles. The molecule has 1 atom stereocenters. The number of benzene rings is 2. The average Bonchev–Trinajstić information content (AvgIpc) is 2.42. The third-order valence-corrected chi connectivity index (χ3v) is 3.65. The molecule has 2 aromatic carbocycles. The van der Waals surface area contributed by atoms with Crippen molar-refractivity contribution >= 4 is 11.6 Å². The van der Waals surface area contributed by atoms with Gasteiger partial charge in [0.25, 0.3) is 0 Å². The summed E-state index contributed by atoms with van der Waals surface area (Å²) in [5.74, 6) is -0.829. The molecule has 0 fully saturated rings. The molecule has 0 radical (unpaired) electrons. The molecular formula is C16H15ClF2O2. The molecule has 1 unspecified atom stereocenters. The Bertz CT molecular complexity index is 657. The van der Waals surface area contributed by atoms with Crippen molar-refractivity contribution in [2.75, 3.05) is 7.11 Å². The number of halogens is 3. The first-order valence-corrected chi connectivity index (χ1v) is 6.72. The second-order valence-electron chi connectivity index (χ2n) is 5.00. The van der Waals surface area contributed by atoms with Gasteiger partial charge in [-0.2, -0.15) is 0 Å². The molecule has 0 aromatic heterocycles. The molecule has 2 rings (SSSR count). The maximum atomic E-state index is 14.1. The second-order valence-corrected chi connectivity index (χ2v) is 5.41. The number of hydrogen-bond acceptors (Lipinski definition) is 2. The van der Waals surface area contributed by atoms with E-state index >= 15 is 0 Å². The van der Waals surface area contributed by atoms with E-state index < -0.39 is 17.2 Å². The molecule has 5 heteroatoms. The number of methoxy groups -OCH3 is 1. The van der Waals surface area contributed by atoms with E-state index in [1.807, 2.05) is 0 Å². The van der Waals surface area contributed by atoms with Crippen molar-refractivity contribution in [1.82, 2.24) is 0 Å². The van der Waals surface area contributed by atoms with E-state index in [9.17, 15) is 13.9 Å². The Morgan fingerprint density at radius 1 is 1.24 bits per heavy atom. The summed E-state index contributed by atoms with van der Waals surface area (Å²) in [5.41, 5.74) is -1.17. The predicted molar refractivity (Wildman–Crippen MR) is 77.6 cm³/mol. The van der Waals surface area contributed by atoms with Gasteiger partial charge in [0.2, 0.25) is 0 Å². The Morgan fingerprint density at radius 3 is 2.62 bits per heavy atom. The lowest BCUT2D eigenvalue weighted by Crippen LogP contribution is -2.26. The minimum Gasteiger partial charge on any atom is -0.496 e. The lowest BCUT2D eigenvalue weighted by Gasteiger charge is -2.26. The largest absolute Gasteiger partial charge is 0.496 e. The van der Waals surface area contributed by atoms with Crippen molar-refractivity contribution < 1.29 is 18.6 Å². The van der Waals surface area contributed by atoms with Crippen LogP contribution in [0, 0.1) is 11.6 Å². The summed E-state index contributed by atoms with van der Waals surface area (Å²) in [6.07, 6.45) is -0.0408. The molecule has 0 saturated carbocycles. The lowest BCUT2D eigenvalue weighted by molar-refractivity contribution is 0.0509. The Labute approximate surface area is 126 Å². The molecule has 112 valence electrons. The zero-order valence-electron chi connectivity index (χ0n) is 11.7. The quantitative estimate of drug-likeness (QED) is 0.922. The minimum atomic E-state index is -1.59. The first-order valence-electron chi connectivity index (χ1n) is 6.34. The first-order chi connectivity index (χ1) is 9.85. The Hall–Kier alpha value is -1.65. The van der Waals surface area contributed by atoms with Gasteiger partial charge in [0, 0.05) is 11.4 Å². The fourth-order valence-electron chi connectivity index (χ4n) is 2.34. The van der Waals surface area contributed by atoms with Crippen LogP contribution < -0.4 is 4.74 Å². The van der Waals surface area contributed by atoms with Crippen molar-refractivity contribution in [1.29, 1.82) is 0 Å².